The Labute approximate surface area is 178 Å². The van der Waals surface area contributed by atoms with E-state index in [9.17, 15) is 0 Å². The first kappa shape index (κ1) is 23.5. The fourth-order valence-electron chi connectivity index (χ4n) is 3.88. The van der Waals surface area contributed by atoms with Crippen LogP contribution in [0, 0.1) is 0 Å². The van der Waals surface area contributed by atoms with Crippen molar-refractivity contribution >= 4 is 16.6 Å². The highest BCUT2D eigenvalue weighted by molar-refractivity contribution is 5.91. The maximum absolute atomic E-state index is 5.42. The Morgan fingerprint density at radius 2 is 1.55 bits per heavy atom. The smallest absolute Gasteiger partial charge is 0.121 e. The van der Waals surface area contributed by atoms with Crippen molar-refractivity contribution in [3.05, 3.63) is 30.5 Å². The predicted octanol–water partition coefficient (Wildman–Crippen LogP) is 6.51. The van der Waals surface area contributed by atoms with Gasteiger partial charge in [0.15, 0.2) is 0 Å². The number of unbranched alkanes of at least 4 members (excludes halogenated alkanes) is 8. The molecular formula is C25H41N3O. The van der Waals surface area contributed by atoms with E-state index in [2.05, 4.69) is 41.2 Å². The molecule has 0 saturated carbocycles. The van der Waals surface area contributed by atoms with Crippen molar-refractivity contribution in [3.63, 3.8) is 0 Å². The topological polar surface area (TPSA) is 37.4 Å². The van der Waals surface area contributed by atoms with Gasteiger partial charge in [-0.15, -0.1) is 0 Å². The van der Waals surface area contributed by atoms with E-state index in [4.69, 9.17) is 4.74 Å². The molecule has 0 aliphatic carbocycles. The first-order valence-electron chi connectivity index (χ1n) is 11.7. The minimum Gasteiger partial charge on any atom is -0.497 e. The second kappa shape index (κ2) is 14.2. The van der Waals surface area contributed by atoms with Gasteiger partial charge in [-0.05, 0) is 44.6 Å². The van der Waals surface area contributed by atoms with Crippen LogP contribution >= 0.6 is 0 Å². The molecule has 1 N–H and O–H groups in total. The average Bonchev–Trinajstić information content (AvgIpc) is 2.76. The van der Waals surface area contributed by atoms with Crippen LogP contribution in [0.1, 0.15) is 71.6 Å². The Balaban J connectivity index is 1.52. The summed E-state index contributed by atoms with van der Waals surface area (Å²) in [5.41, 5.74) is 2.10. The van der Waals surface area contributed by atoms with E-state index in [-0.39, 0.29) is 0 Å². The lowest BCUT2D eigenvalue weighted by Gasteiger charge is -2.17. The summed E-state index contributed by atoms with van der Waals surface area (Å²) < 4.78 is 5.42. The second-order valence-corrected chi connectivity index (χ2v) is 7.89. The first-order valence-corrected chi connectivity index (χ1v) is 11.7. The highest BCUT2D eigenvalue weighted by atomic mass is 16.5. The van der Waals surface area contributed by atoms with Gasteiger partial charge in [0.2, 0.25) is 0 Å². The Morgan fingerprint density at radius 1 is 0.897 bits per heavy atom. The number of nitrogens with one attached hydrogen (secondary N) is 1. The number of hydrogen-bond acceptors (Lipinski definition) is 4. The molecule has 0 saturated heterocycles. The van der Waals surface area contributed by atoms with Crippen LogP contribution in [-0.4, -0.2) is 43.2 Å². The van der Waals surface area contributed by atoms with Crippen molar-refractivity contribution in [2.45, 2.75) is 71.6 Å². The van der Waals surface area contributed by atoms with Crippen molar-refractivity contribution in [2.75, 3.05) is 38.6 Å². The summed E-state index contributed by atoms with van der Waals surface area (Å²) in [6.45, 7) is 9.16. The number of rotatable bonds is 16. The van der Waals surface area contributed by atoms with E-state index >= 15 is 0 Å². The molecule has 4 nitrogen and oxygen atoms in total. The molecule has 0 fully saturated rings. The predicted molar refractivity (Wildman–Crippen MR) is 126 cm³/mol. The molecule has 29 heavy (non-hydrogen) atoms. The lowest BCUT2D eigenvalue weighted by Crippen LogP contribution is -2.23. The number of hydrogen-bond donors (Lipinski definition) is 1. The summed E-state index contributed by atoms with van der Waals surface area (Å²) in [5.74, 6) is 0.880. The van der Waals surface area contributed by atoms with Gasteiger partial charge >= 0.3 is 0 Å². The van der Waals surface area contributed by atoms with Crippen molar-refractivity contribution in [1.29, 1.82) is 0 Å². The van der Waals surface area contributed by atoms with E-state index in [0.717, 1.165) is 28.9 Å². The van der Waals surface area contributed by atoms with Gasteiger partial charge in [-0.1, -0.05) is 64.9 Å². The van der Waals surface area contributed by atoms with Gasteiger partial charge in [-0.25, -0.2) is 0 Å². The summed E-state index contributed by atoms with van der Waals surface area (Å²) in [5, 5.41) is 4.68. The fraction of sp³-hybridized carbons (Fsp3) is 0.640. The number of fused-ring (bicyclic) bond motifs is 1. The number of methoxy groups -OCH3 is 1. The van der Waals surface area contributed by atoms with Crippen molar-refractivity contribution in [1.82, 2.24) is 9.88 Å². The number of ether oxygens (including phenoxy) is 1. The number of pyridine rings is 1. The molecule has 1 aromatic carbocycles. The zero-order valence-corrected chi connectivity index (χ0v) is 18.9. The molecule has 0 bridgehead atoms. The van der Waals surface area contributed by atoms with Crippen molar-refractivity contribution in [2.24, 2.45) is 0 Å². The molecule has 4 heteroatoms. The summed E-state index contributed by atoms with van der Waals surface area (Å²) in [4.78, 5) is 7.05. The van der Waals surface area contributed by atoms with E-state index in [1.54, 1.807) is 7.11 Å². The summed E-state index contributed by atoms with van der Waals surface area (Å²) in [7, 11) is 1.71. The molecule has 0 aliphatic rings. The van der Waals surface area contributed by atoms with Crippen molar-refractivity contribution in [3.8, 4) is 5.75 Å². The molecule has 0 radical (unpaired) electrons. The standard InChI is InChI=1S/C25H41N3O/c1-4-28(5-2)19-14-12-10-8-6-7-9-11-13-17-26-24-21-23(29-3)20-22-16-15-18-27-25(22)24/h15-16,18,20-21,26H,4-14,17,19H2,1-3H3. The lowest BCUT2D eigenvalue weighted by atomic mass is 10.1. The average molecular weight is 400 g/mol. The van der Waals surface area contributed by atoms with Crippen LogP contribution in [0.2, 0.25) is 0 Å². The summed E-state index contributed by atoms with van der Waals surface area (Å²) in [6.07, 6.45) is 14.0. The van der Waals surface area contributed by atoms with Gasteiger partial charge in [0.05, 0.1) is 18.3 Å². The quantitative estimate of drug-likeness (QED) is 0.327. The molecule has 0 aliphatic heterocycles. The van der Waals surface area contributed by atoms with E-state index in [1.807, 2.05) is 18.3 Å². The molecule has 2 aromatic rings. The largest absolute Gasteiger partial charge is 0.497 e. The van der Waals surface area contributed by atoms with Crippen LogP contribution in [-0.2, 0) is 0 Å². The maximum Gasteiger partial charge on any atom is 0.121 e. The van der Waals surface area contributed by atoms with Gasteiger partial charge in [0, 0.05) is 24.2 Å². The van der Waals surface area contributed by atoms with Gasteiger partial charge in [0.1, 0.15) is 5.75 Å². The Morgan fingerprint density at radius 3 is 2.21 bits per heavy atom. The maximum atomic E-state index is 5.42. The Kier molecular flexibility index (Phi) is 11.5. The van der Waals surface area contributed by atoms with Gasteiger partial charge in [-0.3, -0.25) is 4.98 Å². The van der Waals surface area contributed by atoms with Gasteiger partial charge in [-0.2, -0.15) is 0 Å². The third kappa shape index (κ3) is 8.61. The van der Waals surface area contributed by atoms with Crippen LogP contribution in [0.4, 0.5) is 5.69 Å². The zero-order chi connectivity index (χ0) is 20.7. The number of anilines is 1. The second-order valence-electron chi connectivity index (χ2n) is 7.89. The number of aromatic nitrogens is 1. The highest BCUT2D eigenvalue weighted by Gasteiger charge is 2.05. The highest BCUT2D eigenvalue weighted by Crippen LogP contribution is 2.27. The summed E-state index contributed by atoms with van der Waals surface area (Å²) >= 11 is 0. The SMILES string of the molecule is CCN(CC)CCCCCCCCCCCNc1cc(OC)cc2cccnc12. The van der Waals surface area contributed by atoms with E-state index < -0.39 is 0 Å². The third-order valence-corrected chi connectivity index (χ3v) is 5.78. The monoisotopic (exact) mass is 399 g/mol. The molecule has 2 rings (SSSR count). The lowest BCUT2D eigenvalue weighted by molar-refractivity contribution is 0.295. The van der Waals surface area contributed by atoms with Crippen LogP contribution in [0.3, 0.4) is 0 Å². The first-order chi connectivity index (χ1) is 14.3. The molecule has 0 unspecified atom stereocenters. The zero-order valence-electron chi connectivity index (χ0n) is 18.9. The van der Waals surface area contributed by atoms with Crippen LogP contribution in [0.5, 0.6) is 5.75 Å². The minimum absolute atomic E-state index is 0.880. The number of nitrogens with zero attached hydrogens (tertiary/aromatic N) is 2. The minimum atomic E-state index is 0.880. The third-order valence-electron chi connectivity index (χ3n) is 5.78. The molecule has 0 atom stereocenters. The van der Waals surface area contributed by atoms with Crippen LogP contribution in [0.15, 0.2) is 30.5 Å². The molecule has 0 amide bonds. The van der Waals surface area contributed by atoms with Crippen LogP contribution in [0.25, 0.3) is 10.9 Å². The van der Waals surface area contributed by atoms with E-state index in [0.29, 0.717) is 0 Å². The number of benzene rings is 1. The molecule has 162 valence electrons. The Hall–Kier alpha value is -1.81. The molecular weight excluding hydrogens is 358 g/mol. The Bertz CT molecular complexity index is 685. The van der Waals surface area contributed by atoms with Gasteiger partial charge in [0.25, 0.3) is 0 Å². The molecule has 1 heterocycles. The van der Waals surface area contributed by atoms with E-state index in [1.165, 1.54) is 77.4 Å². The van der Waals surface area contributed by atoms with Crippen LogP contribution < -0.4 is 10.1 Å². The normalized spacial score (nSPS) is 11.3. The summed E-state index contributed by atoms with van der Waals surface area (Å²) in [6, 6.07) is 8.14. The van der Waals surface area contributed by atoms with Crippen molar-refractivity contribution < 1.29 is 4.74 Å². The molecule has 0 spiro atoms. The van der Waals surface area contributed by atoms with Gasteiger partial charge < -0.3 is 15.0 Å². The fourth-order valence-corrected chi connectivity index (χ4v) is 3.88. The molecule has 1 aromatic heterocycles.